The third-order valence-corrected chi connectivity index (χ3v) is 3.86. The van der Waals surface area contributed by atoms with Crippen LogP contribution in [-0.2, 0) is 11.3 Å². The fourth-order valence-electron chi connectivity index (χ4n) is 2.20. The molecule has 0 saturated carbocycles. The lowest BCUT2D eigenvalue weighted by Crippen LogP contribution is -2.29. The van der Waals surface area contributed by atoms with Crippen molar-refractivity contribution in [2.24, 2.45) is 5.73 Å². The first-order valence-electron chi connectivity index (χ1n) is 7.28. The average Bonchev–Trinajstić information content (AvgIpc) is 2.50. The molecule has 0 amide bonds. The van der Waals surface area contributed by atoms with Gasteiger partial charge in [-0.3, -0.25) is 0 Å². The minimum absolute atomic E-state index is 0.0139. The Balaban J connectivity index is 2.09. The van der Waals surface area contributed by atoms with Gasteiger partial charge in [0.05, 0.1) is 12.7 Å². The SMILES string of the molecule is CCC(N)C(OCc1ccc(Cl)cc1)c1ccc(C)cc1. The van der Waals surface area contributed by atoms with Crippen LogP contribution in [0.3, 0.4) is 0 Å². The third-order valence-electron chi connectivity index (χ3n) is 3.61. The van der Waals surface area contributed by atoms with Crippen LogP contribution >= 0.6 is 11.6 Å². The van der Waals surface area contributed by atoms with Gasteiger partial charge < -0.3 is 10.5 Å². The van der Waals surface area contributed by atoms with E-state index >= 15 is 0 Å². The highest BCUT2D eigenvalue weighted by molar-refractivity contribution is 6.30. The lowest BCUT2D eigenvalue weighted by atomic mass is 10.00. The van der Waals surface area contributed by atoms with E-state index in [1.54, 1.807) is 0 Å². The number of halogens is 1. The Kier molecular flexibility index (Phi) is 5.80. The molecule has 2 N–H and O–H groups in total. The van der Waals surface area contributed by atoms with E-state index < -0.39 is 0 Å². The summed E-state index contributed by atoms with van der Waals surface area (Å²) in [4.78, 5) is 0. The largest absolute Gasteiger partial charge is 0.367 e. The second kappa shape index (κ2) is 7.60. The lowest BCUT2D eigenvalue weighted by molar-refractivity contribution is 0.0212. The molecule has 0 saturated heterocycles. The maximum absolute atomic E-state index is 6.23. The van der Waals surface area contributed by atoms with Crippen molar-refractivity contribution in [3.8, 4) is 0 Å². The van der Waals surface area contributed by atoms with E-state index in [9.17, 15) is 0 Å². The minimum atomic E-state index is -0.0914. The molecule has 0 bridgehead atoms. The van der Waals surface area contributed by atoms with E-state index in [2.05, 4.69) is 38.1 Å². The Morgan fingerprint density at radius 1 is 1.05 bits per heavy atom. The minimum Gasteiger partial charge on any atom is -0.367 e. The maximum atomic E-state index is 6.23. The van der Waals surface area contributed by atoms with Crippen LogP contribution < -0.4 is 5.73 Å². The van der Waals surface area contributed by atoms with Gasteiger partial charge in [0.1, 0.15) is 0 Å². The fourth-order valence-corrected chi connectivity index (χ4v) is 2.33. The van der Waals surface area contributed by atoms with Crippen LogP contribution in [0.5, 0.6) is 0 Å². The summed E-state index contributed by atoms with van der Waals surface area (Å²) in [7, 11) is 0. The van der Waals surface area contributed by atoms with Crippen molar-refractivity contribution in [2.75, 3.05) is 0 Å². The van der Waals surface area contributed by atoms with Gasteiger partial charge in [0.2, 0.25) is 0 Å². The van der Waals surface area contributed by atoms with Crippen molar-refractivity contribution >= 4 is 11.6 Å². The van der Waals surface area contributed by atoms with Gasteiger partial charge in [-0.2, -0.15) is 0 Å². The predicted octanol–water partition coefficient (Wildman–Crippen LogP) is 4.64. The van der Waals surface area contributed by atoms with Crippen molar-refractivity contribution < 1.29 is 4.74 Å². The standard InChI is InChI=1S/C18H22ClNO/c1-3-17(20)18(15-8-4-13(2)5-9-15)21-12-14-6-10-16(19)11-7-14/h4-11,17-18H,3,12,20H2,1-2H3. The molecule has 2 nitrogen and oxygen atoms in total. The van der Waals surface area contributed by atoms with E-state index in [1.807, 2.05) is 24.3 Å². The van der Waals surface area contributed by atoms with Crippen LogP contribution in [0, 0.1) is 6.92 Å². The van der Waals surface area contributed by atoms with Crippen molar-refractivity contribution in [1.82, 2.24) is 0 Å². The Bertz CT molecular complexity index is 550. The lowest BCUT2D eigenvalue weighted by Gasteiger charge is -2.24. The molecule has 0 aliphatic carbocycles. The van der Waals surface area contributed by atoms with Crippen LogP contribution in [0.25, 0.3) is 0 Å². The molecule has 2 aromatic rings. The molecule has 21 heavy (non-hydrogen) atoms. The highest BCUT2D eigenvalue weighted by atomic mass is 35.5. The summed E-state index contributed by atoms with van der Waals surface area (Å²) >= 11 is 5.90. The zero-order valence-corrected chi connectivity index (χ0v) is 13.3. The quantitative estimate of drug-likeness (QED) is 0.843. The van der Waals surface area contributed by atoms with Crippen LogP contribution in [0.4, 0.5) is 0 Å². The van der Waals surface area contributed by atoms with E-state index in [-0.39, 0.29) is 12.1 Å². The second-order valence-electron chi connectivity index (χ2n) is 5.34. The summed E-state index contributed by atoms with van der Waals surface area (Å²) in [5, 5.41) is 0.735. The van der Waals surface area contributed by atoms with Crippen LogP contribution in [-0.4, -0.2) is 6.04 Å². The zero-order valence-electron chi connectivity index (χ0n) is 12.6. The predicted molar refractivity (Wildman–Crippen MR) is 88.4 cm³/mol. The molecule has 0 aliphatic rings. The third kappa shape index (κ3) is 4.57. The van der Waals surface area contributed by atoms with Gasteiger partial charge >= 0.3 is 0 Å². The zero-order chi connectivity index (χ0) is 15.2. The number of benzene rings is 2. The van der Waals surface area contributed by atoms with Gasteiger partial charge in [-0.1, -0.05) is 60.5 Å². The topological polar surface area (TPSA) is 35.2 Å². The van der Waals surface area contributed by atoms with E-state index in [0.717, 1.165) is 22.6 Å². The molecule has 0 aromatic heterocycles. The Hall–Kier alpha value is -1.35. The van der Waals surface area contributed by atoms with Crippen LogP contribution in [0.15, 0.2) is 48.5 Å². The van der Waals surface area contributed by atoms with Gasteiger partial charge in [-0.25, -0.2) is 0 Å². The van der Waals surface area contributed by atoms with Crippen molar-refractivity contribution in [1.29, 1.82) is 0 Å². The van der Waals surface area contributed by atoms with Crippen molar-refractivity contribution in [3.63, 3.8) is 0 Å². The van der Waals surface area contributed by atoms with Gasteiger partial charge in [-0.15, -0.1) is 0 Å². The summed E-state index contributed by atoms with van der Waals surface area (Å²) in [5.74, 6) is 0. The summed E-state index contributed by atoms with van der Waals surface area (Å²) in [6.07, 6.45) is 0.783. The molecule has 0 heterocycles. The highest BCUT2D eigenvalue weighted by Gasteiger charge is 2.19. The first-order chi connectivity index (χ1) is 10.1. The van der Waals surface area contributed by atoms with Crippen molar-refractivity contribution in [2.45, 2.75) is 39.0 Å². The smallest absolute Gasteiger partial charge is 0.0980 e. The van der Waals surface area contributed by atoms with Gasteiger partial charge in [0, 0.05) is 11.1 Å². The monoisotopic (exact) mass is 303 g/mol. The molecule has 2 unspecified atom stereocenters. The summed E-state index contributed by atoms with van der Waals surface area (Å²) < 4.78 is 6.08. The molecular formula is C18H22ClNO. The molecule has 0 aliphatic heterocycles. The Morgan fingerprint density at radius 2 is 1.67 bits per heavy atom. The van der Waals surface area contributed by atoms with E-state index in [0.29, 0.717) is 6.61 Å². The maximum Gasteiger partial charge on any atom is 0.0980 e. The number of aryl methyl sites for hydroxylation is 1. The normalized spacial score (nSPS) is 13.9. The molecular weight excluding hydrogens is 282 g/mol. The molecule has 0 fully saturated rings. The van der Waals surface area contributed by atoms with Crippen LogP contribution in [0.2, 0.25) is 5.02 Å². The first-order valence-corrected chi connectivity index (χ1v) is 7.66. The first kappa shape index (κ1) is 16.0. The summed E-state index contributed by atoms with van der Waals surface area (Å²) in [6, 6.07) is 16.1. The molecule has 3 heteroatoms. The van der Waals surface area contributed by atoms with E-state index in [1.165, 1.54) is 5.56 Å². The molecule has 2 rings (SSSR count). The Labute approximate surface area is 131 Å². The molecule has 2 aromatic carbocycles. The number of hydrogen-bond acceptors (Lipinski definition) is 2. The molecule has 0 radical (unpaired) electrons. The highest BCUT2D eigenvalue weighted by Crippen LogP contribution is 2.24. The fraction of sp³-hybridized carbons (Fsp3) is 0.333. The van der Waals surface area contributed by atoms with E-state index in [4.69, 9.17) is 22.1 Å². The second-order valence-corrected chi connectivity index (χ2v) is 5.78. The number of ether oxygens (including phenoxy) is 1. The molecule has 2 atom stereocenters. The van der Waals surface area contributed by atoms with Crippen LogP contribution in [0.1, 0.15) is 36.1 Å². The average molecular weight is 304 g/mol. The molecule has 112 valence electrons. The number of nitrogens with two attached hydrogens (primary N) is 1. The van der Waals surface area contributed by atoms with Crippen molar-refractivity contribution in [3.05, 3.63) is 70.2 Å². The summed E-state index contributed by atoms with van der Waals surface area (Å²) in [6.45, 7) is 4.69. The Morgan fingerprint density at radius 3 is 2.24 bits per heavy atom. The van der Waals surface area contributed by atoms with Gasteiger partial charge in [-0.05, 0) is 36.6 Å². The van der Waals surface area contributed by atoms with Gasteiger partial charge in [0.15, 0.2) is 0 Å². The molecule has 0 spiro atoms. The number of hydrogen-bond donors (Lipinski definition) is 1. The summed E-state index contributed by atoms with van der Waals surface area (Å²) in [5.41, 5.74) is 9.69. The van der Waals surface area contributed by atoms with Gasteiger partial charge in [0.25, 0.3) is 0 Å². The number of rotatable bonds is 6.